The van der Waals surface area contributed by atoms with Gasteiger partial charge in [0.05, 0.1) is 24.0 Å². The van der Waals surface area contributed by atoms with E-state index in [1.807, 2.05) is 57.4 Å². The molecule has 0 spiro atoms. The lowest BCUT2D eigenvalue weighted by atomic mass is 9.91. The molecular formula is C34H33FN2O5S. The second-order valence-corrected chi connectivity index (χ2v) is 11.6. The van der Waals surface area contributed by atoms with Crippen LogP contribution in [0.15, 0.2) is 77.7 Å². The van der Waals surface area contributed by atoms with Gasteiger partial charge < -0.3 is 24.4 Å². The van der Waals surface area contributed by atoms with Gasteiger partial charge in [-0.05, 0) is 74.6 Å². The van der Waals surface area contributed by atoms with Crippen molar-refractivity contribution in [2.24, 2.45) is 0 Å². The van der Waals surface area contributed by atoms with Gasteiger partial charge in [0.15, 0.2) is 0 Å². The number of amides is 1. The van der Waals surface area contributed by atoms with Crippen LogP contribution in [-0.4, -0.2) is 37.8 Å². The number of esters is 1. The van der Waals surface area contributed by atoms with Crippen LogP contribution in [0.3, 0.4) is 0 Å². The molecule has 43 heavy (non-hydrogen) atoms. The standard InChI is InChI=1S/C34H33FN2O5S/c1-20-11-12-21(35)17-28(20)41-19-26-23(15-16-27-31(26)37(4)33(39)34(2,3)36-27)24-14-13-22(18-29(24)40-5)42-32(38)25-9-7-8-10-30(25)43-6/h7-18,36H,19H2,1-6H3. The molecule has 1 aliphatic rings. The molecule has 0 bridgehead atoms. The summed E-state index contributed by atoms with van der Waals surface area (Å²) in [6.07, 6.45) is 1.90. The topological polar surface area (TPSA) is 77.1 Å². The molecule has 0 unspecified atom stereocenters. The van der Waals surface area contributed by atoms with Gasteiger partial charge in [-0.1, -0.05) is 24.3 Å². The van der Waals surface area contributed by atoms with Gasteiger partial charge in [0.1, 0.15) is 35.2 Å². The zero-order chi connectivity index (χ0) is 30.9. The average Bonchev–Trinajstić information content (AvgIpc) is 3.00. The number of nitrogens with zero attached hydrogens (tertiary/aromatic N) is 1. The number of aryl methyl sites for hydroxylation is 1. The van der Waals surface area contributed by atoms with Gasteiger partial charge in [0.2, 0.25) is 0 Å². The highest BCUT2D eigenvalue weighted by molar-refractivity contribution is 7.98. The second kappa shape index (κ2) is 12.0. The Morgan fingerprint density at radius 3 is 2.49 bits per heavy atom. The largest absolute Gasteiger partial charge is 0.496 e. The molecule has 9 heteroatoms. The summed E-state index contributed by atoms with van der Waals surface area (Å²) >= 11 is 1.47. The van der Waals surface area contributed by atoms with Crippen molar-refractivity contribution in [2.75, 3.05) is 30.6 Å². The van der Waals surface area contributed by atoms with Crippen LogP contribution in [0.25, 0.3) is 11.1 Å². The molecule has 0 atom stereocenters. The Kier molecular flexibility index (Phi) is 8.37. The molecule has 5 rings (SSSR count). The number of nitrogens with one attached hydrogen (secondary N) is 1. The van der Waals surface area contributed by atoms with Gasteiger partial charge in [0.25, 0.3) is 5.91 Å². The fourth-order valence-corrected chi connectivity index (χ4v) is 5.83. The molecule has 1 N–H and O–H groups in total. The van der Waals surface area contributed by atoms with Crippen LogP contribution >= 0.6 is 11.8 Å². The maximum absolute atomic E-state index is 14.1. The third-order valence-corrected chi connectivity index (χ3v) is 8.22. The lowest BCUT2D eigenvalue weighted by molar-refractivity contribution is -0.121. The molecule has 4 aromatic rings. The number of rotatable bonds is 8. The zero-order valence-electron chi connectivity index (χ0n) is 24.9. The number of ether oxygens (including phenoxy) is 3. The van der Waals surface area contributed by atoms with E-state index in [1.54, 1.807) is 42.3 Å². The normalized spacial score (nSPS) is 13.7. The fourth-order valence-electron chi connectivity index (χ4n) is 5.24. The number of hydrogen-bond acceptors (Lipinski definition) is 7. The molecule has 1 amide bonds. The van der Waals surface area contributed by atoms with Crippen LogP contribution in [-0.2, 0) is 11.4 Å². The molecule has 222 valence electrons. The van der Waals surface area contributed by atoms with Crippen LogP contribution in [0.2, 0.25) is 0 Å². The predicted molar refractivity (Wildman–Crippen MR) is 168 cm³/mol. The number of carbonyl (C=O) groups excluding carboxylic acids is 2. The molecule has 0 radical (unpaired) electrons. The minimum Gasteiger partial charge on any atom is -0.496 e. The van der Waals surface area contributed by atoms with Crippen molar-refractivity contribution in [2.45, 2.75) is 37.8 Å². The van der Waals surface area contributed by atoms with Crippen molar-refractivity contribution in [3.05, 3.63) is 95.3 Å². The summed E-state index contributed by atoms with van der Waals surface area (Å²) in [5, 5.41) is 3.34. The molecule has 1 aliphatic heterocycles. The van der Waals surface area contributed by atoms with Crippen molar-refractivity contribution in [1.29, 1.82) is 0 Å². The summed E-state index contributed by atoms with van der Waals surface area (Å²) < 4.78 is 31.7. The van der Waals surface area contributed by atoms with Gasteiger partial charge in [-0.25, -0.2) is 9.18 Å². The fraction of sp³-hybridized carbons (Fsp3) is 0.235. The smallest absolute Gasteiger partial charge is 0.344 e. The molecule has 0 aliphatic carbocycles. The molecule has 4 aromatic carbocycles. The molecule has 0 saturated heterocycles. The maximum Gasteiger partial charge on any atom is 0.344 e. The van der Waals surface area contributed by atoms with E-state index < -0.39 is 17.3 Å². The SMILES string of the molecule is COc1cc(OC(=O)c2ccccc2SC)ccc1-c1ccc2c(c1COc1cc(F)ccc1C)N(C)C(=O)C(C)(C)N2. The van der Waals surface area contributed by atoms with E-state index in [0.29, 0.717) is 39.6 Å². The quantitative estimate of drug-likeness (QED) is 0.128. The molecular weight excluding hydrogens is 567 g/mol. The van der Waals surface area contributed by atoms with E-state index >= 15 is 0 Å². The Hall–Kier alpha value is -4.50. The van der Waals surface area contributed by atoms with Crippen molar-refractivity contribution in [1.82, 2.24) is 0 Å². The van der Waals surface area contributed by atoms with Crippen LogP contribution in [0.1, 0.15) is 35.3 Å². The van der Waals surface area contributed by atoms with E-state index in [0.717, 1.165) is 21.7 Å². The molecule has 0 fully saturated rings. The maximum atomic E-state index is 14.1. The Labute approximate surface area is 255 Å². The zero-order valence-corrected chi connectivity index (χ0v) is 25.7. The predicted octanol–water partition coefficient (Wildman–Crippen LogP) is 7.50. The number of halogens is 1. The average molecular weight is 601 g/mol. The number of hydrogen-bond donors (Lipinski definition) is 1. The second-order valence-electron chi connectivity index (χ2n) is 10.8. The van der Waals surface area contributed by atoms with E-state index in [9.17, 15) is 14.0 Å². The van der Waals surface area contributed by atoms with Crippen LogP contribution in [0.5, 0.6) is 17.2 Å². The molecule has 7 nitrogen and oxygen atoms in total. The van der Waals surface area contributed by atoms with E-state index in [2.05, 4.69) is 5.32 Å². The monoisotopic (exact) mass is 600 g/mol. The summed E-state index contributed by atoms with van der Waals surface area (Å²) in [5.74, 6) is 0.204. The van der Waals surface area contributed by atoms with E-state index in [1.165, 1.54) is 31.0 Å². The molecule has 1 heterocycles. The highest BCUT2D eigenvalue weighted by Crippen LogP contribution is 2.45. The minimum absolute atomic E-state index is 0.0495. The van der Waals surface area contributed by atoms with Gasteiger partial charge in [0, 0.05) is 35.2 Å². The number of methoxy groups -OCH3 is 1. The molecule has 0 saturated carbocycles. The Bertz CT molecular complexity index is 1720. The number of benzene rings is 4. The lowest BCUT2D eigenvalue weighted by Crippen LogP contribution is -2.52. The number of fused-ring (bicyclic) bond motifs is 1. The van der Waals surface area contributed by atoms with Crippen LogP contribution < -0.4 is 24.4 Å². The number of likely N-dealkylation sites (N-methyl/N-ethyl adjacent to an activating group) is 1. The third-order valence-electron chi connectivity index (χ3n) is 7.43. The van der Waals surface area contributed by atoms with Crippen LogP contribution in [0.4, 0.5) is 15.8 Å². The first kappa shape index (κ1) is 30.0. The molecule has 0 aromatic heterocycles. The highest BCUT2D eigenvalue weighted by atomic mass is 32.2. The lowest BCUT2D eigenvalue weighted by Gasteiger charge is -2.39. The first-order valence-electron chi connectivity index (χ1n) is 13.7. The summed E-state index contributed by atoms with van der Waals surface area (Å²) in [7, 11) is 3.27. The van der Waals surface area contributed by atoms with Crippen molar-refractivity contribution in [3.63, 3.8) is 0 Å². The van der Waals surface area contributed by atoms with Crippen molar-refractivity contribution in [3.8, 4) is 28.4 Å². The Balaban J connectivity index is 1.57. The van der Waals surface area contributed by atoms with E-state index in [-0.39, 0.29) is 12.5 Å². The summed E-state index contributed by atoms with van der Waals surface area (Å²) in [4.78, 5) is 28.7. The Morgan fingerprint density at radius 2 is 1.74 bits per heavy atom. The van der Waals surface area contributed by atoms with Gasteiger partial charge in [-0.3, -0.25) is 4.79 Å². The van der Waals surface area contributed by atoms with Gasteiger partial charge in [-0.2, -0.15) is 0 Å². The number of carbonyl (C=O) groups is 2. The van der Waals surface area contributed by atoms with Crippen LogP contribution in [0, 0.1) is 12.7 Å². The summed E-state index contributed by atoms with van der Waals surface area (Å²) in [5.41, 5.74) is 4.03. The third kappa shape index (κ3) is 5.90. The Morgan fingerprint density at radius 1 is 1.00 bits per heavy atom. The number of thioether (sulfide) groups is 1. The summed E-state index contributed by atoms with van der Waals surface area (Å²) in [6.45, 7) is 5.55. The first-order chi connectivity index (χ1) is 20.5. The first-order valence-corrected chi connectivity index (χ1v) is 14.9. The van der Waals surface area contributed by atoms with Crippen molar-refractivity contribution < 1.29 is 28.2 Å². The van der Waals surface area contributed by atoms with Gasteiger partial charge in [-0.15, -0.1) is 11.8 Å². The summed E-state index contributed by atoms with van der Waals surface area (Å²) in [6, 6.07) is 20.7. The van der Waals surface area contributed by atoms with Crippen molar-refractivity contribution >= 4 is 35.0 Å². The highest BCUT2D eigenvalue weighted by Gasteiger charge is 2.38. The van der Waals surface area contributed by atoms with E-state index in [4.69, 9.17) is 14.2 Å². The number of anilines is 2. The van der Waals surface area contributed by atoms with Gasteiger partial charge >= 0.3 is 5.97 Å². The minimum atomic E-state index is -0.807.